The van der Waals surface area contributed by atoms with Crippen molar-refractivity contribution >= 4 is 11.8 Å². The molecule has 1 unspecified atom stereocenters. The van der Waals surface area contributed by atoms with Crippen molar-refractivity contribution < 1.29 is 14.0 Å². The molecule has 2 saturated heterocycles. The van der Waals surface area contributed by atoms with Gasteiger partial charge in [0, 0.05) is 45.7 Å². The van der Waals surface area contributed by atoms with E-state index in [1.54, 1.807) is 23.7 Å². The Morgan fingerprint density at radius 2 is 1.69 bits per heavy atom. The highest BCUT2D eigenvalue weighted by atomic mass is 19.1. The summed E-state index contributed by atoms with van der Waals surface area (Å²) in [5.41, 5.74) is 0.840. The van der Waals surface area contributed by atoms with Crippen LogP contribution < -0.4 is 0 Å². The second-order valence-corrected chi connectivity index (χ2v) is 8.56. The average Bonchev–Trinajstić information content (AvgIpc) is 3.42. The average molecular weight is 444 g/mol. The van der Waals surface area contributed by atoms with E-state index in [1.165, 1.54) is 12.1 Å². The first kappa shape index (κ1) is 22.3. The molecule has 0 bridgehead atoms. The molecule has 0 aliphatic carbocycles. The molecule has 1 aromatic carbocycles. The number of amides is 2. The third-order valence-electron chi connectivity index (χ3n) is 6.30. The highest BCUT2D eigenvalue weighted by Gasteiger charge is 2.30. The quantitative estimate of drug-likeness (QED) is 0.664. The minimum Gasteiger partial charge on any atom is -0.342 e. The Morgan fingerprint density at radius 3 is 2.38 bits per heavy atom. The van der Waals surface area contributed by atoms with E-state index in [0.717, 1.165) is 44.5 Å². The normalized spacial score (nSPS) is 18.6. The third kappa shape index (κ3) is 5.29. The van der Waals surface area contributed by atoms with Gasteiger partial charge in [-0.05, 0) is 54.3 Å². The van der Waals surface area contributed by atoms with Gasteiger partial charge < -0.3 is 9.80 Å². The minimum atomic E-state index is -0.603. The van der Waals surface area contributed by atoms with Crippen LogP contribution in [-0.4, -0.2) is 92.5 Å². The van der Waals surface area contributed by atoms with Crippen molar-refractivity contribution in [1.82, 2.24) is 34.9 Å². The largest absolute Gasteiger partial charge is 0.342 e. The molecule has 0 saturated carbocycles. The van der Waals surface area contributed by atoms with Gasteiger partial charge in [0.25, 0.3) is 0 Å². The molecule has 0 spiro atoms. The molecule has 172 valence electrons. The molecule has 9 nitrogen and oxygen atoms in total. The van der Waals surface area contributed by atoms with E-state index in [-0.39, 0.29) is 17.6 Å². The Kier molecular flexibility index (Phi) is 7.09. The minimum absolute atomic E-state index is 0.0579. The third-order valence-corrected chi connectivity index (χ3v) is 6.30. The number of likely N-dealkylation sites (tertiary alicyclic amines) is 1. The molecule has 1 atom stereocenters. The number of nitrogens with zero attached hydrogens (tertiary/aromatic N) is 7. The number of hydrogen-bond donors (Lipinski definition) is 0. The lowest BCUT2D eigenvalue weighted by atomic mass is 10.0. The summed E-state index contributed by atoms with van der Waals surface area (Å²) in [6.07, 6.45) is 3.34. The number of halogens is 1. The van der Waals surface area contributed by atoms with E-state index in [0.29, 0.717) is 38.4 Å². The van der Waals surface area contributed by atoms with Gasteiger partial charge in [0.15, 0.2) is 0 Å². The summed E-state index contributed by atoms with van der Waals surface area (Å²) >= 11 is 0. The van der Waals surface area contributed by atoms with Crippen molar-refractivity contribution in [3.05, 3.63) is 41.5 Å². The number of carbonyl (C=O) groups excluding carboxylic acids is 2. The fourth-order valence-electron chi connectivity index (χ4n) is 4.47. The molecule has 2 amide bonds. The van der Waals surface area contributed by atoms with Crippen LogP contribution >= 0.6 is 0 Å². The summed E-state index contributed by atoms with van der Waals surface area (Å²) in [6.45, 7) is 6.49. The molecule has 2 aliphatic heterocycles. The summed E-state index contributed by atoms with van der Waals surface area (Å²) in [7, 11) is 0. The van der Waals surface area contributed by atoms with Crippen molar-refractivity contribution in [2.45, 2.75) is 38.6 Å². The first-order valence-corrected chi connectivity index (χ1v) is 11.3. The fourth-order valence-corrected chi connectivity index (χ4v) is 4.47. The number of hydrogen-bond acceptors (Lipinski definition) is 6. The Morgan fingerprint density at radius 1 is 0.969 bits per heavy atom. The first-order valence-electron chi connectivity index (χ1n) is 11.3. The highest BCUT2D eigenvalue weighted by molar-refractivity contribution is 5.81. The molecule has 3 heterocycles. The molecule has 1 aromatic heterocycles. The molecule has 32 heavy (non-hydrogen) atoms. The van der Waals surface area contributed by atoms with E-state index in [9.17, 15) is 14.0 Å². The summed E-state index contributed by atoms with van der Waals surface area (Å²) in [5, 5.41) is 11.7. The smallest absolute Gasteiger partial charge is 0.247 e. The monoisotopic (exact) mass is 443 g/mol. The lowest BCUT2D eigenvalue weighted by molar-refractivity contribution is -0.135. The van der Waals surface area contributed by atoms with Crippen molar-refractivity contribution in [1.29, 1.82) is 0 Å². The van der Waals surface area contributed by atoms with Crippen molar-refractivity contribution in [2.75, 3.05) is 45.8 Å². The van der Waals surface area contributed by atoms with Crippen LogP contribution in [0.15, 0.2) is 24.3 Å². The SMILES string of the molecule is Cc1nnnn1C(Cc1ccc(F)cc1)C(=O)N1CCCN(CC(=O)N2CCCC2)CC1. The van der Waals surface area contributed by atoms with Gasteiger partial charge in [0.05, 0.1) is 6.54 Å². The molecule has 0 radical (unpaired) electrons. The van der Waals surface area contributed by atoms with Crippen LogP contribution in [0.2, 0.25) is 0 Å². The van der Waals surface area contributed by atoms with E-state index in [2.05, 4.69) is 20.4 Å². The zero-order valence-electron chi connectivity index (χ0n) is 18.5. The number of carbonyl (C=O) groups is 2. The van der Waals surface area contributed by atoms with Gasteiger partial charge >= 0.3 is 0 Å². The first-order chi connectivity index (χ1) is 15.5. The fraction of sp³-hybridized carbons (Fsp3) is 0.591. The second kappa shape index (κ2) is 10.2. The summed E-state index contributed by atoms with van der Waals surface area (Å²) in [4.78, 5) is 32.0. The molecule has 2 aromatic rings. The predicted octanol–water partition coefficient (Wildman–Crippen LogP) is 1.06. The number of rotatable bonds is 6. The molecule has 2 aliphatic rings. The van der Waals surface area contributed by atoms with Crippen molar-refractivity contribution in [3.63, 3.8) is 0 Å². The van der Waals surface area contributed by atoms with Crippen LogP contribution in [0.3, 0.4) is 0 Å². The van der Waals surface area contributed by atoms with Crippen LogP contribution in [-0.2, 0) is 16.0 Å². The standard InChI is InChI=1S/C22H30FN7O2/c1-17-24-25-26-30(17)20(15-18-5-7-19(23)8-6-18)22(32)29-12-4-9-27(13-14-29)16-21(31)28-10-2-3-11-28/h5-8,20H,2-4,9-16H2,1H3. The zero-order chi connectivity index (χ0) is 22.5. The Hall–Kier alpha value is -2.88. The number of aromatic nitrogens is 4. The lowest BCUT2D eigenvalue weighted by Gasteiger charge is -2.27. The molecule has 2 fully saturated rings. The molecular formula is C22H30FN7O2. The Labute approximate surface area is 187 Å². The second-order valence-electron chi connectivity index (χ2n) is 8.56. The maximum atomic E-state index is 13.6. The lowest BCUT2D eigenvalue weighted by Crippen LogP contribution is -2.43. The number of aryl methyl sites for hydroxylation is 1. The summed E-state index contributed by atoms with van der Waals surface area (Å²) in [5.74, 6) is 0.364. The molecular weight excluding hydrogens is 413 g/mol. The molecule has 10 heteroatoms. The zero-order valence-corrected chi connectivity index (χ0v) is 18.5. The van der Waals surface area contributed by atoms with Crippen molar-refractivity contribution in [2.24, 2.45) is 0 Å². The van der Waals surface area contributed by atoms with E-state index < -0.39 is 6.04 Å². The van der Waals surface area contributed by atoms with E-state index in [4.69, 9.17) is 0 Å². The van der Waals surface area contributed by atoms with Crippen LogP contribution in [0.25, 0.3) is 0 Å². The maximum absolute atomic E-state index is 13.6. The molecule has 0 N–H and O–H groups in total. The van der Waals surface area contributed by atoms with Crippen LogP contribution in [0.4, 0.5) is 4.39 Å². The maximum Gasteiger partial charge on any atom is 0.247 e. The van der Waals surface area contributed by atoms with Gasteiger partial charge in [0.1, 0.15) is 17.7 Å². The summed E-state index contributed by atoms with van der Waals surface area (Å²) in [6, 6.07) is 5.55. The molecule has 4 rings (SSSR count). The summed E-state index contributed by atoms with van der Waals surface area (Å²) < 4.78 is 14.9. The van der Waals surface area contributed by atoms with E-state index >= 15 is 0 Å². The predicted molar refractivity (Wildman–Crippen MR) is 115 cm³/mol. The van der Waals surface area contributed by atoms with Gasteiger partial charge in [-0.2, -0.15) is 0 Å². The van der Waals surface area contributed by atoms with E-state index in [1.807, 2.05) is 9.80 Å². The number of tetrazole rings is 1. The van der Waals surface area contributed by atoms with Gasteiger partial charge in [-0.1, -0.05) is 12.1 Å². The Balaban J connectivity index is 1.43. The van der Waals surface area contributed by atoms with Gasteiger partial charge in [0.2, 0.25) is 11.8 Å². The van der Waals surface area contributed by atoms with Gasteiger partial charge in [-0.25, -0.2) is 9.07 Å². The Bertz CT molecular complexity index is 927. The van der Waals surface area contributed by atoms with Crippen LogP contribution in [0.1, 0.15) is 36.7 Å². The van der Waals surface area contributed by atoms with Crippen LogP contribution in [0.5, 0.6) is 0 Å². The van der Waals surface area contributed by atoms with Gasteiger partial charge in [-0.15, -0.1) is 5.10 Å². The van der Waals surface area contributed by atoms with Crippen molar-refractivity contribution in [3.8, 4) is 0 Å². The number of benzene rings is 1. The highest BCUT2D eigenvalue weighted by Crippen LogP contribution is 2.19. The van der Waals surface area contributed by atoms with Gasteiger partial charge in [-0.3, -0.25) is 14.5 Å². The topological polar surface area (TPSA) is 87.5 Å². The van der Waals surface area contributed by atoms with Crippen LogP contribution in [0, 0.1) is 12.7 Å².